The fraction of sp³-hybridized carbons (Fsp3) is 0.250. The van der Waals surface area contributed by atoms with Crippen molar-refractivity contribution < 1.29 is 4.79 Å². The van der Waals surface area contributed by atoms with Gasteiger partial charge in [0.2, 0.25) is 0 Å². The summed E-state index contributed by atoms with van der Waals surface area (Å²) >= 11 is 1.46. The Bertz CT molecular complexity index is 1180. The Morgan fingerprint density at radius 3 is 2.69 bits per heavy atom. The molecule has 1 N–H and O–H groups in total. The van der Waals surface area contributed by atoms with Crippen molar-refractivity contribution in [3.05, 3.63) is 77.7 Å². The van der Waals surface area contributed by atoms with Crippen LogP contribution in [0.3, 0.4) is 0 Å². The van der Waals surface area contributed by atoms with Gasteiger partial charge in [-0.2, -0.15) is 5.10 Å². The van der Waals surface area contributed by atoms with E-state index in [4.69, 9.17) is 0 Å². The van der Waals surface area contributed by atoms with Crippen molar-refractivity contribution in [2.24, 2.45) is 0 Å². The minimum Gasteiger partial charge on any atom is -0.298 e. The number of pyridine rings is 1. The minimum absolute atomic E-state index is 0.232. The third kappa shape index (κ3) is 4.61. The molecule has 0 unspecified atom stereocenters. The first kappa shape index (κ1) is 20.5. The van der Waals surface area contributed by atoms with Crippen molar-refractivity contribution in [2.75, 3.05) is 18.4 Å². The van der Waals surface area contributed by atoms with Gasteiger partial charge in [-0.3, -0.25) is 20.0 Å². The van der Waals surface area contributed by atoms with Gasteiger partial charge in [-0.05, 0) is 50.2 Å². The van der Waals surface area contributed by atoms with E-state index in [2.05, 4.69) is 25.3 Å². The summed E-state index contributed by atoms with van der Waals surface area (Å²) in [5, 5.41) is 10.3. The van der Waals surface area contributed by atoms with E-state index in [9.17, 15) is 4.79 Å². The van der Waals surface area contributed by atoms with Crippen molar-refractivity contribution in [3.8, 4) is 16.9 Å². The molecule has 0 spiro atoms. The number of piperidine rings is 1. The highest BCUT2D eigenvalue weighted by atomic mass is 32.1. The number of likely N-dealkylation sites (tertiary alicyclic amines) is 1. The van der Waals surface area contributed by atoms with Crippen LogP contribution in [0.25, 0.3) is 16.9 Å². The molecule has 1 fully saturated rings. The van der Waals surface area contributed by atoms with Crippen molar-refractivity contribution >= 4 is 22.4 Å². The Hall–Kier alpha value is -3.36. The number of aromatic nitrogens is 4. The first-order valence-electron chi connectivity index (χ1n) is 10.8. The number of amides is 1. The molecule has 0 aliphatic carbocycles. The summed E-state index contributed by atoms with van der Waals surface area (Å²) < 4.78 is 1.72. The maximum Gasteiger partial charge on any atom is 0.261 e. The molecule has 32 heavy (non-hydrogen) atoms. The summed E-state index contributed by atoms with van der Waals surface area (Å²) in [5.74, 6) is -0.232. The molecule has 1 amide bonds. The monoisotopic (exact) mass is 444 g/mol. The molecule has 3 aromatic heterocycles. The molecule has 162 valence electrons. The first-order chi connectivity index (χ1) is 15.8. The van der Waals surface area contributed by atoms with Gasteiger partial charge in [-0.15, -0.1) is 11.3 Å². The van der Waals surface area contributed by atoms with Gasteiger partial charge in [0.05, 0.1) is 16.9 Å². The van der Waals surface area contributed by atoms with Gasteiger partial charge in [-0.25, -0.2) is 9.67 Å². The highest BCUT2D eigenvalue weighted by molar-refractivity contribution is 7.14. The fourth-order valence-electron chi connectivity index (χ4n) is 3.92. The molecule has 0 atom stereocenters. The van der Waals surface area contributed by atoms with E-state index in [1.807, 2.05) is 47.8 Å². The largest absolute Gasteiger partial charge is 0.298 e. The Labute approximate surface area is 190 Å². The molecule has 4 heterocycles. The zero-order valence-corrected chi connectivity index (χ0v) is 18.5. The summed E-state index contributed by atoms with van der Waals surface area (Å²) in [6.07, 6.45) is 8.98. The highest BCUT2D eigenvalue weighted by Crippen LogP contribution is 2.25. The topological polar surface area (TPSA) is 75.9 Å². The standard InChI is InChI=1S/C24H24N6OS/c31-23(27-24-26-19(17-32-24)15-29-12-5-2-6-13-29)21-16-30(20-9-3-1-4-10-20)28-22(21)18-8-7-11-25-14-18/h1,3-4,7-11,14,16-17H,2,5-6,12-13,15H2,(H,26,27,31). The zero-order valence-electron chi connectivity index (χ0n) is 17.6. The molecule has 1 aliphatic heterocycles. The quantitative estimate of drug-likeness (QED) is 0.469. The van der Waals surface area contributed by atoms with E-state index in [-0.39, 0.29) is 5.91 Å². The molecule has 5 rings (SSSR count). The van der Waals surface area contributed by atoms with Gasteiger partial charge in [0.15, 0.2) is 5.13 Å². The lowest BCUT2D eigenvalue weighted by Gasteiger charge is -2.25. The normalized spacial score (nSPS) is 14.4. The summed E-state index contributed by atoms with van der Waals surface area (Å²) in [6, 6.07) is 13.5. The third-order valence-corrected chi connectivity index (χ3v) is 6.33. The molecule has 7 nitrogen and oxygen atoms in total. The van der Waals surface area contributed by atoms with Crippen molar-refractivity contribution in [1.82, 2.24) is 24.6 Å². The van der Waals surface area contributed by atoms with Gasteiger partial charge in [0, 0.05) is 36.1 Å². The average Bonchev–Trinajstić information content (AvgIpc) is 3.48. The Balaban J connectivity index is 1.39. The van der Waals surface area contributed by atoms with Crippen LogP contribution in [0.5, 0.6) is 0 Å². The number of nitrogens with one attached hydrogen (secondary N) is 1. The number of para-hydroxylation sites is 1. The lowest BCUT2D eigenvalue weighted by Crippen LogP contribution is -2.29. The molecule has 0 bridgehead atoms. The number of benzene rings is 1. The SMILES string of the molecule is O=C(Nc1nc(CN2CCCCC2)cs1)c1cn(-c2ccccc2)nc1-c1cccnc1. The molecule has 8 heteroatoms. The van der Waals surface area contributed by atoms with Crippen LogP contribution in [-0.2, 0) is 6.54 Å². The van der Waals surface area contributed by atoms with Gasteiger partial charge in [-0.1, -0.05) is 24.6 Å². The number of rotatable bonds is 6. The Kier molecular flexibility index (Phi) is 6.04. The third-order valence-electron chi connectivity index (χ3n) is 5.52. The molecular formula is C24H24N6OS. The molecular weight excluding hydrogens is 420 g/mol. The second kappa shape index (κ2) is 9.42. The van der Waals surface area contributed by atoms with Crippen LogP contribution in [0, 0.1) is 0 Å². The number of thiazole rings is 1. The first-order valence-corrected chi connectivity index (χ1v) is 11.7. The van der Waals surface area contributed by atoms with E-state index in [0.29, 0.717) is 16.4 Å². The second-order valence-corrected chi connectivity index (χ2v) is 8.71. The summed E-state index contributed by atoms with van der Waals surface area (Å²) in [7, 11) is 0. The van der Waals surface area contributed by atoms with Gasteiger partial charge in [0.1, 0.15) is 5.69 Å². The minimum atomic E-state index is -0.232. The van der Waals surface area contributed by atoms with Crippen molar-refractivity contribution in [2.45, 2.75) is 25.8 Å². The molecule has 4 aromatic rings. The van der Waals surface area contributed by atoms with E-state index in [1.165, 1.54) is 30.6 Å². The van der Waals surface area contributed by atoms with Crippen molar-refractivity contribution in [3.63, 3.8) is 0 Å². The van der Waals surface area contributed by atoms with Crippen LogP contribution >= 0.6 is 11.3 Å². The van der Waals surface area contributed by atoms with E-state index >= 15 is 0 Å². The van der Waals surface area contributed by atoms with Gasteiger partial charge in [0.25, 0.3) is 5.91 Å². The molecule has 0 saturated carbocycles. The Morgan fingerprint density at radius 2 is 1.91 bits per heavy atom. The number of hydrogen-bond acceptors (Lipinski definition) is 6. The van der Waals surface area contributed by atoms with E-state index < -0.39 is 0 Å². The lowest BCUT2D eigenvalue weighted by atomic mass is 10.1. The molecule has 1 saturated heterocycles. The van der Waals surface area contributed by atoms with Crippen LogP contribution in [0.15, 0.2) is 66.4 Å². The molecule has 0 radical (unpaired) electrons. The maximum atomic E-state index is 13.2. The van der Waals surface area contributed by atoms with Crippen LogP contribution in [0.4, 0.5) is 5.13 Å². The number of nitrogens with zero attached hydrogens (tertiary/aromatic N) is 5. The van der Waals surface area contributed by atoms with Gasteiger partial charge < -0.3 is 0 Å². The number of carbonyl (C=O) groups is 1. The zero-order chi connectivity index (χ0) is 21.8. The Morgan fingerprint density at radius 1 is 1.06 bits per heavy atom. The summed E-state index contributed by atoms with van der Waals surface area (Å²) in [5.41, 5.74) is 3.74. The average molecular weight is 445 g/mol. The van der Waals surface area contributed by atoms with Crippen LogP contribution in [-0.4, -0.2) is 43.6 Å². The van der Waals surface area contributed by atoms with Gasteiger partial charge >= 0.3 is 0 Å². The predicted octanol–water partition coefficient (Wildman–Crippen LogP) is 4.63. The fourth-order valence-corrected chi connectivity index (χ4v) is 4.61. The number of anilines is 1. The number of hydrogen-bond donors (Lipinski definition) is 1. The van der Waals surface area contributed by atoms with E-state index in [0.717, 1.165) is 36.6 Å². The number of carbonyl (C=O) groups excluding carboxylic acids is 1. The molecule has 1 aromatic carbocycles. The lowest BCUT2D eigenvalue weighted by molar-refractivity contribution is 0.102. The van der Waals surface area contributed by atoms with Crippen molar-refractivity contribution in [1.29, 1.82) is 0 Å². The maximum absolute atomic E-state index is 13.2. The van der Waals surface area contributed by atoms with E-state index in [1.54, 1.807) is 23.3 Å². The summed E-state index contributed by atoms with van der Waals surface area (Å²) in [6.45, 7) is 3.07. The smallest absolute Gasteiger partial charge is 0.261 e. The molecule has 1 aliphatic rings. The van der Waals surface area contributed by atoms with Crippen LogP contribution in [0.2, 0.25) is 0 Å². The second-order valence-electron chi connectivity index (χ2n) is 7.85. The van der Waals surface area contributed by atoms with Crippen LogP contribution < -0.4 is 5.32 Å². The summed E-state index contributed by atoms with van der Waals surface area (Å²) in [4.78, 5) is 24.5. The highest BCUT2D eigenvalue weighted by Gasteiger charge is 2.20. The predicted molar refractivity (Wildman–Crippen MR) is 126 cm³/mol. The van der Waals surface area contributed by atoms with Crippen LogP contribution in [0.1, 0.15) is 35.3 Å².